The molecule has 128 valence electrons. The number of hydrogen-bond donors (Lipinski definition) is 1. The van der Waals surface area contributed by atoms with Gasteiger partial charge >= 0.3 is 11.9 Å². The van der Waals surface area contributed by atoms with Crippen molar-refractivity contribution in [1.82, 2.24) is 5.06 Å². The monoisotopic (exact) mass is 317 g/mol. The Balaban J connectivity index is 3.05. The molecule has 7 nitrogen and oxygen atoms in total. The summed E-state index contributed by atoms with van der Waals surface area (Å²) in [6, 6.07) is 0. The molecule has 1 saturated heterocycles. The number of nitrogens with zero attached hydrogens (tertiary/aromatic N) is 1. The maximum atomic E-state index is 11.9. The summed E-state index contributed by atoms with van der Waals surface area (Å²) < 4.78 is 9.13. The predicted molar refractivity (Wildman–Crippen MR) is 78.8 cm³/mol. The second kappa shape index (κ2) is 6.93. The van der Waals surface area contributed by atoms with Crippen LogP contribution in [0.1, 0.15) is 47.0 Å². The van der Waals surface area contributed by atoms with Crippen molar-refractivity contribution in [2.45, 2.75) is 70.2 Å². The molecule has 0 bridgehead atoms. The van der Waals surface area contributed by atoms with Crippen LogP contribution in [0, 0.1) is 0 Å². The third-order valence-corrected chi connectivity index (χ3v) is 4.06. The zero-order chi connectivity index (χ0) is 17.1. The molecule has 1 aliphatic heterocycles. The Hall–Kier alpha value is -1.18. The summed E-state index contributed by atoms with van der Waals surface area (Å²) >= 11 is 0. The number of piperidine rings is 1. The molecule has 1 aliphatic rings. The van der Waals surface area contributed by atoms with Crippen LogP contribution in [0.4, 0.5) is 0 Å². The van der Waals surface area contributed by atoms with Gasteiger partial charge in [0.05, 0.1) is 14.2 Å². The number of esters is 2. The molecule has 0 radical (unpaired) electrons. The number of aliphatic hydroxyl groups is 1. The van der Waals surface area contributed by atoms with Crippen molar-refractivity contribution in [1.29, 1.82) is 0 Å². The van der Waals surface area contributed by atoms with E-state index >= 15 is 0 Å². The summed E-state index contributed by atoms with van der Waals surface area (Å²) in [4.78, 5) is 29.3. The van der Waals surface area contributed by atoms with Gasteiger partial charge in [-0.1, -0.05) is 0 Å². The van der Waals surface area contributed by atoms with Gasteiger partial charge in [0.2, 0.25) is 6.10 Å². The minimum atomic E-state index is -1.74. The van der Waals surface area contributed by atoms with E-state index in [1.54, 1.807) is 5.06 Å². The van der Waals surface area contributed by atoms with Crippen molar-refractivity contribution >= 4 is 11.9 Å². The molecule has 1 heterocycles. The van der Waals surface area contributed by atoms with Gasteiger partial charge in [0.25, 0.3) is 0 Å². The SMILES string of the molecule is COC(=O)C(O)C(ON1C(C)(C)CCCC1(C)C)C(=O)OC. The molecular weight excluding hydrogens is 290 g/mol. The van der Waals surface area contributed by atoms with E-state index in [1.165, 1.54) is 7.11 Å². The van der Waals surface area contributed by atoms with Crippen molar-refractivity contribution in [3.63, 3.8) is 0 Å². The van der Waals surface area contributed by atoms with Gasteiger partial charge in [-0.05, 0) is 47.0 Å². The van der Waals surface area contributed by atoms with Crippen LogP contribution in [0.25, 0.3) is 0 Å². The van der Waals surface area contributed by atoms with Gasteiger partial charge in [0.15, 0.2) is 6.10 Å². The van der Waals surface area contributed by atoms with Crippen LogP contribution in [0.5, 0.6) is 0 Å². The average Bonchev–Trinajstić information content (AvgIpc) is 2.43. The highest BCUT2D eigenvalue weighted by atomic mass is 16.7. The highest BCUT2D eigenvalue weighted by molar-refractivity contribution is 5.85. The topological polar surface area (TPSA) is 85.3 Å². The number of aliphatic hydroxyl groups excluding tert-OH is 1. The highest BCUT2D eigenvalue weighted by Crippen LogP contribution is 2.39. The Bertz CT molecular complexity index is 404. The maximum absolute atomic E-state index is 11.9. The molecule has 0 aliphatic carbocycles. The van der Waals surface area contributed by atoms with Crippen LogP contribution in [0.2, 0.25) is 0 Å². The summed E-state index contributed by atoms with van der Waals surface area (Å²) in [5.74, 6) is -1.77. The number of methoxy groups -OCH3 is 2. The molecule has 7 heteroatoms. The Morgan fingerprint density at radius 1 is 1.00 bits per heavy atom. The molecule has 1 rings (SSSR count). The third kappa shape index (κ3) is 3.97. The molecule has 0 aromatic heterocycles. The normalized spacial score (nSPS) is 23.4. The molecule has 0 aromatic carbocycles. The van der Waals surface area contributed by atoms with Crippen LogP contribution >= 0.6 is 0 Å². The Morgan fingerprint density at radius 2 is 1.45 bits per heavy atom. The summed E-state index contributed by atoms with van der Waals surface area (Å²) in [7, 11) is 2.31. The lowest BCUT2D eigenvalue weighted by atomic mass is 9.82. The fraction of sp³-hybridized carbons (Fsp3) is 0.867. The first kappa shape index (κ1) is 18.9. The zero-order valence-electron chi connectivity index (χ0n) is 14.2. The van der Waals surface area contributed by atoms with Gasteiger partial charge in [0.1, 0.15) is 0 Å². The standard InChI is InChI=1S/C15H27NO6/c1-14(2)8-7-9-15(3,4)16(14)22-11(13(19)21-6)10(17)12(18)20-5/h10-11,17H,7-9H2,1-6H3. The quantitative estimate of drug-likeness (QED) is 0.758. The van der Waals surface area contributed by atoms with E-state index in [9.17, 15) is 14.7 Å². The van der Waals surface area contributed by atoms with Gasteiger partial charge in [0, 0.05) is 11.1 Å². The average molecular weight is 317 g/mol. The lowest BCUT2D eigenvalue weighted by Gasteiger charge is -2.52. The van der Waals surface area contributed by atoms with E-state index < -0.39 is 24.1 Å². The second-order valence-corrected chi connectivity index (χ2v) is 6.79. The van der Waals surface area contributed by atoms with Crippen LogP contribution in [-0.2, 0) is 23.9 Å². The number of hydroxylamine groups is 2. The van der Waals surface area contributed by atoms with Crippen molar-refractivity contribution in [2.24, 2.45) is 0 Å². The van der Waals surface area contributed by atoms with Crippen molar-refractivity contribution in [3.8, 4) is 0 Å². The number of ether oxygens (including phenoxy) is 2. The van der Waals surface area contributed by atoms with Crippen molar-refractivity contribution in [3.05, 3.63) is 0 Å². The maximum Gasteiger partial charge on any atom is 0.340 e. The number of carbonyl (C=O) groups is 2. The molecule has 0 amide bonds. The van der Waals surface area contributed by atoms with E-state index in [-0.39, 0.29) is 11.1 Å². The largest absolute Gasteiger partial charge is 0.467 e. The first-order valence-electron chi connectivity index (χ1n) is 7.37. The lowest BCUT2D eigenvalue weighted by Crippen LogP contribution is -2.61. The van der Waals surface area contributed by atoms with Crippen molar-refractivity contribution in [2.75, 3.05) is 14.2 Å². The molecule has 22 heavy (non-hydrogen) atoms. The van der Waals surface area contributed by atoms with E-state index in [4.69, 9.17) is 4.84 Å². The molecule has 0 spiro atoms. The van der Waals surface area contributed by atoms with E-state index in [0.717, 1.165) is 26.4 Å². The fourth-order valence-electron chi connectivity index (χ4n) is 2.97. The molecule has 2 unspecified atom stereocenters. The van der Waals surface area contributed by atoms with Crippen LogP contribution in [0.3, 0.4) is 0 Å². The van der Waals surface area contributed by atoms with Gasteiger partial charge in [-0.25, -0.2) is 9.59 Å². The summed E-state index contributed by atoms with van der Waals surface area (Å²) in [6.07, 6.45) is -0.431. The fourth-order valence-corrected chi connectivity index (χ4v) is 2.97. The van der Waals surface area contributed by atoms with Gasteiger partial charge < -0.3 is 14.6 Å². The molecule has 0 aromatic rings. The molecule has 1 N–H and O–H groups in total. The molecular formula is C15H27NO6. The third-order valence-electron chi connectivity index (χ3n) is 4.06. The van der Waals surface area contributed by atoms with Crippen LogP contribution < -0.4 is 0 Å². The summed E-state index contributed by atoms with van der Waals surface area (Å²) in [5.41, 5.74) is -0.687. The molecule has 1 fully saturated rings. The zero-order valence-corrected chi connectivity index (χ0v) is 14.2. The number of hydrogen-bond acceptors (Lipinski definition) is 7. The Morgan fingerprint density at radius 3 is 1.86 bits per heavy atom. The minimum absolute atomic E-state index is 0.343. The van der Waals surface area contributed by atoms with E-state index in [2.05, 4.69) is 9.47 Å². The summed E-state index contributed by atoms with van der Waals surface area (Å²) in [5, 5.41) is 11.7. The highest BCUT2D eigenvalue weighted by Gasteiger charge is 2.47. The smallest absolute Gasteiger partial charge is 0.340 e. The molecule has 0 saturated carbocycles. The van der Waals surface area contributed by atoms with Gasteiger partial charge in [-0.15, -0.1) is 0 Å². The lowest BCUT2D eigenvalue weighted by molar-refractivity contribution is -0.312. The first-order valence-corrected chi connectivity index (χ1v) is 7.37. The second-order valence-electron chi connectivity index (χ2n) is 6.79. The first-order chi connectivity index (χ1) is 10.1. The Kier molecular flexibility index (Phi) is 5.95. The minimum Gasteiger partial charge on any atom is -0.467 e. The van der Waals surface area contributed by atoms with Gasteiger partial charge in [-0.3, -0.25) is 4.84 Å². The van der Waals surface area contributed by atoms with Crippen LogP contribution in [-0.4, -0.2) is 59.6 Å². The Labute approximate surface area is 131 Å². The van der Waals surface area contributed by atoms with E-state index in [1.807, 2.05) is 27.7 Å². The summed E-state index contributed by atoms with van der Waals surface area (Å²) in [6.45, 7) is 7.97. The van der Waals surface area contributed by atoms with Gasteiger partial charge in [-0.2, -0.15) is 5.06 Å². The van der Waals surface area contributed by atoms with E-state index in [0.29, 0.717) is 0 Å². The van der Waals surface area contributed by atoms with Crippen LogP contribution in [0.15, 0.2) is 0 Å². The predicted octanol–water partition coefficient (Wildman–Crippen LogP) is 1.04. The van der Waals surface area contributed by atoms with Crippen molar-refractivity contribution < 1.29 is 29.0 Å². The number of rotatable bonds is 5. The number of carbonyl (C=O) groups excluding carboxylic acids is 2. The molecule has 2 atom stereocenters.